The fourth-order valence-electron chi connectivity index (χ4n) is 3.65. The Morgan fingerprint density at radius 3 is 2.53 bits per heavy atom. The van der Waals surface area contributed by atoms with Gasteiger partial charge in [-0.3, -0.25) is 5.32 Å². The second-order valence-corrected chi connectivity index (χ2v) is 9.10. The van der Waals surface area contributed by atoms with Crippen LogP contribution in [0.5, 0.6) is 0 Å². The Labute approximate surface area is 199 Å². The number of amides is 1. The van der Waals surface area contributed by atoms with Crippen LogP contribution in [0.15, 0.2) is 54.6 Å². The van der Waals surface area contributed by atoms with Gasteiger partial charge in [0.05, 0.1) is 25.5 Å². The molecule has 8 heteroatoms. The van der Waals surface area contributed by atoms with Crippen LogP contribution in [-0.4, -0.2) is 53.1 Å². The molecule has 8 nitrogen and oxygen atoms in total. The van der Waals surface area contributed by atoms with E-state index in [1.54, 1.807) is 0 Å². The third kappa shape index (κ3) is 6.09. The number of hydrogen-bond acceptors (Lipinski definition) is 7. The molecule has 3 aromatic rings. The first-order chi connectivity index (χ1) is 16.3. The highest BCUT2D eigenvalue weighted by molar-refractivity contribution is 5.86. The minimum Gasteiger partial charge on any atom is -0.444 e. The van der Waals surface area contributed by atoms with Crippen molar-refractivity contribution in [3.05, 3.63) is 60.2 Å². The molecular weight excluding hydrogens is 432 g/mol. The first kappa shape index (κ1) is 23.7. The maximum atomic E-state index is 12.2. The fraction of sp³-hybridized carbons (Fsp3) is 0.346. The molecule has 0 saturated carbocycles. The summed E-state index contributed by atoms with van der Waals surface area (Å²) in [5.41, 5.74) is 3.22. The van der Waals surface area contributed by atoms with Crippen molar-refractivity contribution in [3.8, 4) is 22.6 Å². The van der Waals surface area contributed by atoms with Crippen LogP contribution in [0.25, 0.3) is 22.6 Å². The van der Waals surface area contributed by atoms with Crippen molar-refractivity contribution in [2.24, 2.45) is 0 Å². The number of ether oxygens (including phenoxy) is 2. The highest BCUT2D eigenvalue weighted by Gasteiger charge is 2.18. The molecule has 1 amide bonds. The average molecular weight is 463 g/mol. The molecule has 1 fully saturated rings. The Hall–Kier alpha value is -3.49. The summed E-state index contributed by atoms with van der Waals surface area (Å²) in [5, 5.41) is 12.4. The Morgan fingerprint density at radius 2 is 1.79 bits per heavy atom. The number of benzene rings is 2. The molecule has 0 unspecified atom stereocenters. The molecule has 0 atom stereocenters. The maximum Gasteiger partial charge on any atom is 0.412 e. The average Bonchev–Trinajstić information content (AvgIpc) is 2.83. The molecule has 0 bridgehead atoms. The smallest absolute Gasteiger partial charge is 0.412 e. The highest BCUT2D eigenvalue weighted by Crippen LogP contribution is 2.28. The number of anilines is 2. The SMILES string of the molecule is CC(C)(C)OC(=O)Nc1cccc(-c2cc(N3CCOCC3)nc(-c3cccc(CO)c3)n2)c1. The number of carbonyl (C=O) groups excluding carboxylic acids is 1. The van der Waals surface area contributed by atoms with Crippen LogP contribution in [-0.2, 0) is 16.1 Å². The first-order valence-corrected chi connectivity index (χ1v) is 11.3. The van der Waals surface area contributed by atoms with Gasteiger partial charge in [-0.05, 0) is 44.5 Å². The van der Waals surface area contributed by atoms with Crippen LogP contribution in [0.3, 0.4) is 0 Å². The summed E-state index contributed by atoms with van der Waals surface area (Å²) in [6.07, 6.45) is -0.511. The lowest BCUT2D eigenvalue weighted by atomic mass is 10.1. The molecule has 0 aliphatic carbocycles. The van der Waals surface area contributed by atoms with Crippen molar-refractivity contribution in [1.82, 2.24) is 9.97 Å². The molecule has 0 spiro atoms. The lowest BCUT2D eigenvalue weighted by molar-refractivity contribution is 0.0636. The number of rotatable bonds is 5. The van der Waals surface area contributed by atoms with Gasteiger partial charge < -0.3 is 19.5 Å². The number of carbonyl (C=O) groups is 1. The molecule has 2 N–H and O–H groups in total. The maximum absolute atomic E-state index is 12.2. The van der Waals surface area contributed by atoms with E-state index in [9.17, 15) is 9.90 Å². The van der Waals surface area contributed by atoms with Gasteiger partial charge in [-0.25, -0.2) is 14.8 Å². The monoisotopic (exact) mass is 462 g/mol. The van der Waals surface area contributed by atoms with Gasteiger partial charge in [0.2, 0.25) is 0 Å². The number of nitrogens with zero attached hydrogens (tertiary/aromatic N) is 3. The molecule has 178 valence electrons. The van der Waals surface area contributed by atoms with Crippen molar-refractivity contribution in [2.75, 3.05) is 36.5 Å². The van der Waals surface area contributed by atoms with Crippen LogP contribution >= 0.6 is 0 Å². The van der Waals surface area contributed by atoms with Crippen molar-refractivity contribution in [2.45, 2.75) is 33.0 Å². The predicted octanol–water partition coefficient (Wildman–Crippen LogP) is 4.49. The topological polar surface area (TPSA) is 96.8 Å². The summed E-state index contributed by atoms with van der Waals surface area (Å²) < 4.78 is 10.9. The zero-order chi connectivity index (χ0) is 24.1. The van der Waals surface area contributed by atoms with Gasteiger partial charge in [-0.2, -0.15) is 0 Å². The molecule has 4 rings (SSSR count). The number of nitrogens with one attached hydrogen (secondary N) is 1. The lowest BCUT2D eigenvalue weighted by Crippen LogP contribution is -2.36. The zero-order valence-corrected chi connectivity index (χ0v) is 19.7. The minimum atomic E-state index is -0.584. The summed E-state index contributed by atoms with van der Waals surface area (Å²) in [7, 11) is 0. The number of morpholine rings is 1. The van der Waals surface area contributed by atoms with E-state index in [1.807, 2.05) is 75.4 Å². The number of aliphatic hydroxyl groups excluding tert-OH is 1. The zero-order valence-electron chi connectivity index (χ0n) is 19.7. The van der Waals surface area contributed by atoms with Gasteiger partial charge in [0, 0.05) is 36.0 Å². The Bertz CT molecular complexity index is 1150. The summed E-state index contributed by atoms with van der Waals surface area (Å²) in [6.45, 7) is 8.19. The second-order valence-electron chi connectivity index (χ2n) is 9.10. The third-order valence-electron chi connectivity index (χ3n) is 5.22. The summed E-state index contributed by atoms with van der Waals surface area (Å²) >= 11 is 0. The van der Waals surface area contributed by atoms with E-state index >= 15 is 0 Å². The molecular formula is C26H30N4O4. The van der Waals surface area contributed by atoms with E-state index in [4.69, 9.17) is 19.4 Å². The molecule has 1 saturated heterocycles. The second kappa shape index (κ2) is 10.2. The number of aliphatic hydroxyl groups is 1. The van der Waals surface area contributed by atoms with Crippen LogP contribution in [0.4, 0.5) is 16.3 Å². The molecule has 2 heterocycles. The van der Waals surface area contributed by atoms with E-state index < -0.39 is 11.7 Å². The summed E-state index contributed by atoms with van der Waals surface area (Å²) in [6, 6.07) is 17.0. The van der Waals surface area contributed by atoms with Gasteiger partial charge in [0.15, 0.2) is 5.82 Å². The minimum absolute atomic E-state index is 0.0533. The molecule has 0 radical (unpaired) electrons. The molecule has 1 aliphatic rings. The van der Waals surface area contributed by atoms with Crippen molar-refractivity contribution >= 4 is 17.6 Å². The highest BCUT2D eigenvalue weighted by atomic mass is 16.6. The van der Waals surface area contributed by atoms with Gasteiger partial charge in [-0.1, -0.05) is 30.3 Å². The van der Waals surface area contributed by atoms with Crippen LogP contribution in [0.2, 0.25) is 0 Å². The predicted molar refractivity (Wildman–Crippen MR) is 132 cm³/mol. The first-order valence-electron chi connectivity index (χ1n) is 11.3. The number of aromatic nitrogens is 2. The van der Waals surface area contributed by atoms with Crippen molar-refractivity contribution < 1.29 is 19.4 Å². The van der Waals surface area contributed by atoms with Crippen LogP contribution < -0.4 is 10.2 Å². The standard InChI is InChI=1S/C26H30N4O4/c1-26(2,3)34-25(32)27-21-9-5-7-19(15-21)22-16-23(30-10-12-33-13-11-30)29-24(28-22)20-8-4-6-18(14-20)17-31/h4-9,14-16,31H,10-13,17H2,1-3H3,(H,27,32). The largest absolute Gasteiger partial charge is 0.444 e. The normalized spacial score (nSPS) is 14.1. The fourth-order valence-corrected chi connectivity index (χ4v) is 3.65. The Balaban J connectivity index is 1.71. The summed E-state index contributed by atoms with van der Waals surface area (Å²) in [4.78, 5) is 24.1. The van der Waals surface area contributed by atoms with Crippen LogP contribution in [0.1, 0.15) is 26.3 Å². The Morgan fingerprint density at radius 1 is 1.06 bits per heavy atom. The van der Waals surface area contributed by atoms with E-state index in [2.05, 4.69) is 10.2 Å². The van der Waals surface area contributed by atoms with Gasteiger partial charge in [0.25, 0.3) is 0 Å². The van der Waals surface area contributed by atoms with E-state index in [1.165, 1.54) is 0 Å². The van der Waals surface area contributed by atoms with E-state index in [-0.39, 0.29) is 6.61 Å². The van der Waals surface area contributed by atoms with Gasteiger partial charge in [-0.15, -0.1) is 0 Å². The molecule has 34 heavy (non-hydrogen) atoms. The lowest BCUT2D eigenvalue weighted by Gasteiger charge is -2.28. The molecule has 2 aromatic carbocycles. The quantitative estimate of drug-likeness (QED) is 0.577. The van der Waals surface area contributed by atoms with Gasteiger partial charge >= 0.3 is 6.09 Å². The third-order valence-corrected chi connectivity index (χ3v) is 5.22. The van der Waals surface area contributed by atoms with E-state index in [0.29, 0.717) is 24.7 Å². The van der Waals surface area contributed by atoms with Crippen molar-refractivity contribution in [3.63, 3.8) is 0 Å². The van der Waals surface area contributed by atoms with Crippen LogP contribution in [0, 0.1) is 0 Å². The molecule has 1 aliphatic heterocycles. The summed E-state index contributed by atoms with van der Waals surface area (Å²) in [5.74, 6) is 1.38. The van der Waals surface area contributed by atoms with Gasteiger partial charge in [0.1, 0.15) is 11.4 Å². The number of hydrogen-bond donors (Lipinski definition) is 2. The molecule has 1 aromatic heterocycles. The van der Waals surface area contributed by atoms with Crippen molar-refractivity contribution in [1.29, 1.82) is 0 Å². The Kier molecular flexibility index (Phi) is 7.09. The van der Waals surface area contributed by atoms with E-state index in [0.717, 1.165) is 41.3 Å².